The quantitative estimate of drug-likeness (QED) is 0.552. The molecule has 0 aliphatic rings. The average Bonchev–Trinajstić information content (AvgIpc) is 2.52. The third-order valence-corrected chi connectivity index (χ3v) is 2.23. The number of aromatic amines is 1. The number of aliphatic hydroxyl groups is 1. The number of imidazole rings is 1. The van der Waals surface area contributed by atoms with Crippen molar-refractivity contribution in [1.29, 1.82) is 0 Å². The summed E-state index contributed by atoms with van der Waals surface area (Å²) in [5.74, 6) is 0.685. The van der Waals surface area contributed by atoms with Crippen molar-refractivity contribution >= 4 is 11.8 Å². The van der Waals surface area contributed by atoms with Gasteiger partial charge in [0.15, 0.2) is 5.16 Å². The fraction of sp³-hybridized carbons (Fsp3) is 0.500. The molecule has 0 radical (unpaired) electrons. The topological polar surface area (TPSA) is 74.9 Å². The van der Waals surface area contributed by atoms with Gasteiger partial charge in [-0.3, -0.25) is 0 Å². The molecule has 1 heterocycles. The van der Waals surface area contributed by atoms with E-state index in [2.05, 4.69) is 9.97 Å². The van der Waals surface area contributed by atoms with E-state index in [1.54, 1.807) is 12.4 Å². The van der Waals surface area contributed by atoms with Gasteiger partial charge in [0, 0.05) is 24.2 Å². The van der Waals surface area contributed by atoms with E-state index in [0.29, 0.717) is 5.75 Å². The van der Waals surface area contributed by atoms with Crippen LogP contribution in [0.1, 0.15) is 0 Å². The summed E-state index contributed by atoms with van der Waals surface area (Å²) in [5, 5.41) is 9.44. The Labute approximate surface area is 69.2 Å². The second-order valence-corrected chi connectivity index (χ2v) is 3.16. The third-order valence-electron chi connectivity index (χ3n) is 1.14. The van der Waals surface area contributed by atoms with Crippen LogP contribution in [0.4, 0.5) is 0 Å². The summed E-state index contributed by atoms with van der Waals surface area (Å²) < 4.78 is 0. The van der Waals surface area contributed by atoms with Gasteiger partial charge in [0.25, 0.3) is 0 Å². The first-order chi connectivity index (χ1) is 5.33. The minimum atomic E-state index is -0.162. The van der Waals surface area contributed by atoms with E-state index >= 15 is 0 Å². The number of rotatable bonds is 4. The summed E-state index contributed by atoms with van der Waals surface area (Å²) in [6.45, 7) is 0.0215. The van der Waals surface area contributed by atoms with Crippen LogP contribution in [0.2, 0.25) is 0 Å². The number of hydrogen-bond acceptors (Lipinski definition) is 4. The van der Waals surface area contributed by atoms with Gasteiger partial charge in [-0.2, -0.15) is 0 Å². The van der Waals surface area contributed by atoms with Crippen LogP contribution in [0, 0.1) is 0 Å². The Morgan fingerprint density at radius 1 is 1.82 bits per heavy atom. The van der Waals surface area contributed by atoms with Crippen molar-refractivity contribution in [1.82, 2.24) is 9.97 Å². The lowest BCUT2D eigenvalue weighted by atomic mass is 10.4. The van der Waals surface area contributed by atoms with Gasteiger partial charge in [-0.15, -0.1) is 0 Å². The zero-order valence-electron chi connectivity index (χ0n) is 6.03. The van der Waals surface area contributed by atoms with Crippen molar-refractivity contribution in [3.63, 3.8) is 0 Å². The number of nitrogens with one attached hydrogen (secondary N) is 1. The first-order valence-corrected chi connectivity index (χ1v) is 4.30. The molecule has 0 saturated carbocycles. The molecule has 0 spiro atoms. The molecule has 62 valence electrons. The smallest absolute Gasteiger partial charge is 0.165 e. The molecule has 1 aromatic rings. The van der Waals surface area contributed by atoms with Crippen LogP contribution in [0.5, 0.6) is 0 Å². The molecule has 0 aliphatic carbocycles. The predicted molar refractivity (Wildman–Crippen MR) is 44.4 cm³/mol. The number of H-pyrrole nitrogens is 1. The number of nitrogens with zero attached hydrogens (tertiary/aromatic N) is 1. The summed E-state index contributed by atoms with van der Waals surface area (Å²) in [6, 6.07) is -0.162. The van der Waals surface area contributed by atoms with E-state index < -0.39 is 0 Å². The molecule has 4 nitrogen and oxygen atoms in total. The van der Waals surface area contributed by atoms with Gasteiger partial charge in [-0.1, -0.05) is 11.8 Å². The normalized spacial score (nSPS) is 13.3. The molecule has 0 amide bonds. The van der Waals surface area contributed by atoms with Crippen LogP contribution in [0.15, 0.2) is 17.6 Å². The van der Waals surface area contributed by atoms with Gasteiger partial charge in [0.2, 0.25) is 0 Å². The zero-order valence-corrected chi connectivity index (χ0v) is 6.84. The largest absolute Gasteiger partial charge is 0.395 e. The Balaban J connectivity index is 2.23. The molecule has 1 rings (SSSR count). The maximum atomic E-state index is 8.59. The number of hydrogen-bond donors (Lipinski definition) is 3. The van der Waals surface area contributed by atoms with Crippen LogP contribution < -0.4 is 5.73 Å². The van der Waals surface area contributed by atoms with Crippen LogP contribution in [0.3, 0.4) is 0 Å². The molecule has 0 aromatic carbocycles. The van der Waals surface area contributed by atoms with E-state index in [0.717, 1.165) is 5.16 Å². The third kappa shape index (κ3) is 2.92. The van der Waals surface area contributed by atoms with Crippen LogP contribution in [-0.2, 0) is 0 Å². The monoisotopic (exact) mass is 173 g/mol. The SMILES string of the molecule is NC(CO)CSc1ncc[nH]1. The molecular formula is C6H11N3OS. The molecule has 5 heteroatoms. The lowest BCUT2D eigenvalue weighted by Crippen LogP contribution is -2.26. The Morgan fingerprint density at radius 3 is 3.18 bits per heavy atom. The van der Waals surface area contributed by atoms with E-state index in [-0.39, 0.29) is 12.6 Å². The molecule has 1 aromatic heterocycles. The lowest BCUT2D eigenvalue weighted by molar-refractivity contribution is 0.275. The van der Waals surface area contributed by atoms with Gasteiger partial charge >= 0.3 is 0 Å². The average molecular weight is 173 g/mol. The van der Waals surface area contributed by atoms with Crippen LogP contribution in [0.25, 0.3) is 0 Å². The molecule has 0 fully saturated rings. The summed E-state index contributed by atoms with van der Waals surface area (Å²) in [6.07, 6.45) is 3.44. The van der Waals surface area contributed by atoms with Gasteiger partial charge < -0.3 is 15.8 Å². The lowest BCUT2D eigenvalue weighted by Gasteiger charge is -2.04. The number of aromatic nitrogens is 2. The zero-order chi connectivity index (χ0) is 8.10. The maximum absolute atomic E-state index is 8.59. The second-order valence-electron chi connectivity index (χ2n) is 2.15. The highest BCUT2D eigenvalue weighted by atomic mass is 32.2. The van der Waals surface area contributed by atoms with Crippen molar-refractivity contribution in [3.8, 4) is 0 Å². The number of thioether (sulfide) groups is 1. The molecular weight excluding hydrogens is 162 g/mol. The van der Waals surface area contributed by atoms with Crippen LogP contribution >= 0.6 is 11.8 Å². The Morgan fingerprint density at radius 2 is 2.64 bits per heavy atom. The fourth-order valence-electron chi connectivity index (χ4n) is 0.568. The molecule has 4 N–H and O–H groups in total. The van der Waals surface area contributed by atoms with Crippen molar-refractivity contribution in [2.24, 2.45) is 5.73 Å². The standard InChI is InChI=1S/C6H11N3OS/c7-5(3-10)4-11-6-8-1-2-9-6/h1-2,5,10H,3-4,7H2,(H,8,9). The van der Waals surface area contributed by atoms with Gasteiger partial charge in [0.1, 0.15) is 0 Å². The predicted octanol–water partition coefficient (Wildman–Crippen LogP) is -0.179. The Hall–Kier alpha value is -0.520. The molecule has 1 unspecified atom stereocenters. The number of aliphatic hydroxyl groups excluding tert-OH is 1. The first-order valence-electron chi connectivity index (χ1n) is 3.31. The van der Waals surface area contributed by atoms with Gasteiger partial charge in [-0.05, 0) is 0 Å². The van der Waals surface area contributed by atoms with Crippen molar-refractivity contribution in [3.05, 3.63) is 12.4 Å². The minimum absolute atomic E-state index is 0.0215. The van der Waals surface area contributed by atoms with E-state index in [9.17, 15) is 0 Å². The van der Waals surface area contributed by atoms with E-state index in [4.69, 9.17) is 10.8 Å². The van der Waals surface area contributed by atoms with E-state index in [1.807, 2.05) is 0 Å². The highest BCUT2D eigenvalue weighted by molar-refractivity contribution is 7.99. The molecule has 1 atom stereocenters. The molecule has 11 heavy (non-hydrogen) atoms. The number of nitrogens with two attached hydrogens (primary N) is 1. The molecule has 0 aliphatic heterocycles. The van der Waals surface area contributed by atoms with Gasteiger partial charge in [-0.25, -0.2) is 4.98 Å². The Kier molecular flexibility index (Phi) is 3.41. The minimum Gasteiger partial charge on any atom is -0.395 e. The highest BCUT2D eigenvalue weighted by Crippen LogP contribution is 2.11. The summed E-state index contributed by atoms with van der Waals surface area (Å²) in [5.41, 5.74) is 5.48. The van der Waals surface area contributed by atoms with E-state index in [1.165, 1.54) is 11.8 Å². The maximum Gasteiger partial charge on any atom is 0.165 e. The van der Waals surface area contributed by atoms with Crippen molar-refractivity contribution in [2.75, 3.05) is 12.4 Å². The van der Waals surface area contributed by atoms with Crippen molar-refractivity contribution in [2.45, 2.75) is 11.2 Å². The Bertz CT molecular complexity index is 190. The van der Waals surface area contributed by atoms with Crippen molar-refractivity contribution < 1.29 is 5.11 Å². The molecule has 0 saturated heterocycles. The van der Waals surface area contributed by atoms with Gasteiger partial charge in [0.05, 0.1) is 6.61 Å². The first kappa shape index (κ1) is 8.58. The highest BCUT2D eigenvalue weighted by Gasteiger charge is 2.01. The fourth-order valence-corrected chi connectivity index (χ4v) is 1.33. The van der Waals surface area contributed by atoms with Crippen LogP contribution in [-0.4, -0.2) is 33.5 Å². The summed E-state index contributed by atoms with van der Waals surface area (Å²) in [7, 11) is 0. The second kappa shape index (κ2) is 4.38. The summed E-state index contributed by atoms with van der Waals surface area (Å²) >= 11 is 1.51. The summed E-state index contributed by atoms with van der Waals surface area (Å²) in [4.78, 5) is 6.92. The molecule has 0 bridgehead atoms.